The highest BCUT2D eigenvalue weighted by molar-refractivity contribution is 6.23. The van der Waals surface area contributed by atoms with Gasteiger partial charge >= 0.3 is 0 Å². The molecule has 0 radical (unpaired) electrons. The first kappa shape index (κ1) is 36.3. The van der Waals surface area contributed by atoms with Gasteiger partial charge in [0.15, 0.2) is 0 Å². The zero-order chi connectivity index (χ0) is 38.6. The van der Waals surface area contributed by atoms with E-state index in [9.17, 15) is 4.79 Å². The molecule has 0 aliphatic heterocycles. The van der Waals surface area contributed by atoms with Gasteiger partial charge in [-0.1, -0.05) is 143 Å². The molecule has 0 saturated heterocycles. The maximum absolute atomic E-state index is 13.4. The molecule has 1 N–H and O–H groups in total. The third-order valence-electron chi connectivity index (χ3n) is 11.4. The Balaban J connectivity index is 0.874. The summed E-state index contributed by atoms with van der Waals surface area (Å²) in [5, 5.41) is 12.6. The lowest BCUT2D eigenvalue weighted by molar-refractivity contribution is 0.0951. The number of nitrogens with one attached hydrogen (secondary N) is 1. The Morgan fingerprint density at radius 1 is 0.526 bits per heavy atom. The van der Waals surface area contributed by atoms with E-state index in [1.165, 1.54) is 77.3 Å². The van der Waals surface area contributed by atoms with E-state index in [4.69, 9.17) is 14.7 Å². The van der Waals surface area contributed by atoms with Gasteiger partial charge in [0.05, 0.1) is 29.0 Å². The molecular formula is C52H47N3O2. The number of hydrogen-bond donors (Lipinski definition) is 1. The predicted octanol–water partition coefficient (Wildman–Crippen LogP) is 13.5. The molecule has 2 aromatic heterocycles. The average molecular weight is 746 g/mol. The van der Waals surface area contributed by atoms with Crippen LogP contribution in [0, 0.1) is 0 Å². The van der Waals surface area contributed by atoms with E-state index < -0.39 is 0 Å². The summed E-state index contributed by atoms with van der Waals surface area (Å²) in [5.41, 5.74) is 7.14. The monoisotopic (exact) mass is 745 g/mol. The smallest absolute Gasteiger partial charge is 0.251 e. The number of benzene rings is 7. The minimum Gasteiger partial charge on any atom is -0.494 e. The highest BCUT2D eigenvalue weighted by atomic mass is 16.5. The van der Waals surface area contributed by atoms with Crippen LogP contribution in [0.25, 0.3) is 76.6 Å². The lowest BCUT2D eigenvalue weighted by Gasteiger charge is -2.14. The third-order valence-corrected chi connectivity index (χ3v) is 11.4. The SMILES string of the molecule is CCCCCCCCCCOc1ccc(-c2ccc3ccc4ccc(-c5ccc(C(=O)NCc6ccc7ccc8cccc9ccc6c7c89)cc5)nc4c3n2)cc1. The molecule has 0 aliphatic carbocycles. The maximum Gasteiger partial charge on any atom is 0.251 e. The van der Waals surface area contributed by atoms with E-state index in [1.54, 1.807) is 0 Å². The Morgan fingerprint density at radius 3 is 1.70 bits per heavy atom. The summed E-state index contributed by atoms with van der Waals surface area (Å²) in [5.74, 6) is 0.788. The molecule has 7 aromatic carbocycles. The van der Waals surface area contributed by atoms with Crippen molar-refractivity contribution in [3.8, 4) is 28.3 Å². The number of ether oxygens (including phenoxy) is 1. The van der Waals surface area contributed by atoms with Gasteiger partial charge in [-0.05, 0) is 92.8 Å². The van der Waals surface area contributed by atoms with Gasteiger partial charge in [0.2, 0.25) is 0 Å². The summed E-state index contributed by atoms with van der Waals surface area (Å²) in [7, 11) is 0. The molecule has 282 valence electrons. The zero-order valence-electron chi connectivity index (χ0n) is 32.6. The summed E-state index contributed by atoms with van der Waals surface area (Å²) >= 11 is 0. The van der Waals surface area contributed by atoms with Crippen molar-refractivity contribution < 1.29 is 9.53 Å². The van der Waals surface area contributed by atoms with Gasteiger partial charge < -0.3 is 10.1 Å². The van der Waals surface area contributed by atoms with Crippen LogP contribution in [-0.4, -0.2) is 22.5 Å². The Morgan fingerprint density at radius 2 is 1.05 bits per heavy atom. The molecule has 9 aromatic rings. The summed E-state index contributed by atoms with van der Waals surface area (Å²) in [6.07, 6.45) is 10.3. The molecule has 0 aliphatic rings. The van der Waals surface area contributed by atoms with Crippen molar-refractivity contribution in [3.63, 3.8) is 0 Å². The van der Waals surface area contributed by atoms with Crippen molar-refractivity contribution in [2.24, 2.45) is 0 Å². The second-order valence-electron chi connectivity index (χ2n) is 15.3. The number of nitrogens with zero attached hydrogens (tertiary/aromatic N) is 2. The van der Waals surface area contributed by atoms with Crippen molar-refractivity contribution in [2.45, 2.75) is 64.8 Å². The molecule has 57 heavy (non-hydrogen) atoms. The van der Waals surface area contributed by atoms with Crippen LogP contribution in [0.1, 0.15) is 74.2 Å². The number of aromatic nitrogens is 2. The topological polar surface area (TPSA) is 64.1 Å². The molecule has 5 nitrogen and oxygen atoms in total. The molecular weight excluding hydrogens is 699 g/mol. The number of rotatable bonds is 15. The van der Waals surface area contributed by atoms with E-state index in [2.05, 4.69) is 109 Å². The molecule has 0 atom stereocenters. The van der Waals surface area contributed by atoms with E-state index in [0.717, 1.165) is 68.7 Å². The fourth-order valence-electron chi connectivity index (χ4n) is 8.26. The average Bonchev–Trinajstić information content (AvgIpc) is 3.27. The minimum absolute atomic E-state index is 0.107. The molecule has 9 rings (SSSR count). The number of fused-ring (bicyclic) bond motifs is 3. The highest BCUT2D eigenvalue weighted by Gasteiger charge is 2.14. The number of amides is 1. The lowest BCUT2D eigenvalue weighted by Crippen LogP contribution is -2.22. The standard InChI is InChI=1S/C52H47N3O2/c1-2-3-4-5-6-7-8-9-33-57-44-28-23-36(24-29-44)47-32-27-41-19-18-40-26-31-46(54-50(40)51(41)55-47)35-13-20-42(21-14-35)52(56)53-34-43-22-17-39-16-15-37-11-10-12-38-25-30-45(43)49(39)48(37)38/h10-32H,2-9,33-34H2,1H3,(H,53,56). The van der Waals surface area contributed by atoms with Crippen LogP contribution in [0.3, 0.4) is 0 Å². The number of hydrogen-bond acceptors (Lipinski definition) is 4. The third kappa shape index (κ3) is 7.62. The van der Waals surface area contributed by atoms with Gasteiger partial charge in [0.25, 0.3) is 5.91 Å². The van der Waals surface area contributed by atoms with Crippen molar-refractivity contribution in [3.05, 3.63) is 151 Å². The largest absolute Gasteiger partial charge is 0.494 e. The first-order valence-electron chi connectivity index (χ1n) is 20.6. The predicted molar refractivity (Wildman–Crippen MR) is 237 cm³/mol. The quantitative estimate of drug-likeness (QED) is 0.0838. The van der Waals surface area contributed by atoms with E-state index in [1.807, 2.05) is 42.5 Å². The van der Waals surface area contributed by atoms with Gasteiger partial charge in [0.1, 0.15) is 5.75 Å². The summed E-state index contributed by atoms with van der Waals surface area (Å²) < 4.78 is 6.06. The van der Waals surface area contributed by atoms with Crippen molar-refractivity contribution in [1.29, 1.82) is 0 Å². The van der Waals surface area contributed by atoms with Crippen molar-refractivity contribution in [1.82, 2.24) is 15.3 Å². The Bertz CT molecular complexity index is 2810. The Labute approximate surface area is 334 Å². The highest BCUT2D eigenvalue weighted by Crippen LogP contribution is 2.36. The summed E-state index contributed by atoms with van der Waals surface area (Å²) in [6.45, 7) is 3.46. The van der Waals surface area contributed by atoms with Crippen LogP contribution in [0.5, 0.6) is 5.75 Å². The van der Waals surface area contributed by atoms with Gasteiger partial charge in [-0.3, -0.25) is 4.79 Å². The minimum atomic E-state index is -0.107. The summed E-state index contributed by atoms with van der Waals surface area (Å²) in [4.78, 5) is 23.7. The van der Waals surface area contributed by atoms with Crippen LogP contribution in [0.4, 0.5) is 0 Å². The van der Waals surface area contributed by atoms with Crippen LogP contribution in [0.15, 0.2) is 140 Å². The van der Waals surface area contributed by atoms with E-state index in [0.29, 0.717) is 12.1 Å². The van der Waals surface area contributed by atoms with Gasteiger partial charge in [-0.25, -0.2) is 9.97 Å². The molecule has 2 heterocycles. The summed E-state index contributed by atoms with van der Waals surface area (Å²) in [6, 6.07) is 48.0. The molecule has 1 amide bonds. The second kappa shape index (κ2) is 16.4. The van der Waals surface area contributed by atoms with Crippen LogP contribution in [0.2, 0.25) is 0 Å². The van der Waals surface area contributed by atoms with Gasteiger partial charge in [-0.2, -0.15) is 0 Å². The molecule has 0 bridgehead atoms. The lowest BCUT2D eigenvalue weighted by atomic mass is 9.92. The molecule has 0 spiro atoms. The fraction of sp³-hybridized carbons (Fsp3) is 0.212. The molecule has 0 unspecified atom stereocenters. The number of unbranched alkanes of at least 4 members (excludes halogenated alkanes) is 7. The normalized spacial score (nSPS) is 11.7. The van der Waals surface area contributed by atoms with Crippen LogP contribution >= 0.6 is 0 Å². The zero-order valence-corrected chi connectivity index (χ0v) is 32.6. The number of carbonyl (C=O) groups is 1. The van der Waals surface area contributed by atoms with Crippen LogP contribution in [-0.2, 0) is 6.54 Å². The number of carbonyl (C=O) groups excluding carboxylic acids is 1. The van der Waals surface area contributed by atoms with E-state index >= 15 is 0 Å². The molecule has 0 fully saturated rings. The molecule has 5 heteroatoms. The first-order chi connectivity index (χ1) is 28.1. The molecule has 0 saturated carbocycles. The van der Waals surface area contributed by atoms with E-state index in [-0.39, 0.29) is 5.91 Å². The first-order valence-corrected chi connectivity index (χ1v) is 20.6. The fourth-order valence-corrected chi connectivity index (χ4v) is 8.26. The Hall–Kier alpha value is -6.33. The Kier molecular flexibility index (Phi) is 10.5. The van der Waals surface area contributed by atoms with Crippen molar-refractivity contribution in [2.75, 3.05) is 6.61 Å². The van der Waals surface area contributed by atoms with Gasteiger partial charge in [0, 0.05) is 34.0 Å². The maximum atomic E-state index is 13.4. The number of pyridine rings is 2. The second-order valence-corrected chi connectivity index (χ2v) is 15.3. The van der Waals surface area contributed by atoms with Gasteiger partial charge in [-0.15, -0.1) is 0 Å². The van der Waals surface area contributed by atoms with Crippen LogP contribution < -0.4 is 10.1 Å². The van der Waals surface area contributed by atoms with Crippen molar-refractivity contribution >= 4 is 60.0 Å².